The number of pyridine rings is 4. The van der Waals surface area contributed by atoms with Crippen molar-refractivity contribution in [3.63, 3.8) is 0 Å². The second kappa shape index (κ2) is 13.8. The number of nitrogens with zero attached hydrogens (tertiary/aromatic N) is 4. The number of anilines is 2. The van der Waals surface area contributed by atoms with E-state index in [1.54, 1.807) is 54.6 Å². The minimum atomic E-state index is -0.955. The Bertz CT molecular complexity index is 2470. The predicted octanol–water partition coefficient (Wildman–Crippen LogP) is 5.71. The number of rotatable bonds is 9. The number of hydrogen-bond donors (Lipinski definition) is 5. The van der Waals surface area contributed by atoms with Crippen LogP contribution in [0.3, 0.4) is 0 Å². The number of fused-ring (bicyclic) bond motifs is 2. The smallest absolute Gasteiger partial charge is 0.267 e. The van der Waals surface area contributed by atoms with E-state index in [2.05, 4.69) is 20.6 Å². The van der Waals surface area contributed by atoms with Crippen LogP contribution in [0.4, 0.5) is 11.6 Å². The first kappa shape index (κ1) is 34.4. The molecule has 0 radical (unpaired) electrons. The molecule has 0 aliphatic rings. The Morgan fingerprint density at radius 1 is 0.706 bits per heavy atom. The molecule has 13 nitrogen and oxygen atoms in total. The van der Waals surface area contributed by atoms with E-state index in [1.807, 2.05) is 27.7 Å². The highest BCUT2D eigenvalue weighted by molar-refractivity contribution is 6.10. The number of benzene rings is 2. The van der Waals surface area contributed by atoms with Crippen LogP contribution in [0.15, 0.2) is 88.6 Å². The molecule has 2 aromatic carbocycles. The number of aromatic nitrogens is 4. The van der Waals surface area contributed by atoms with E-state index in [0.717, 1.165) is 0 Å². The van der Waals surface area contributed by atoms with Crippen LogP contribution in [-0.2, 0) is 13.1 Å². The van der Waals surface area contributed by atoms with Gasteiger partial charge in [0.05, 0.1) is 16.7 Å². The highest BCUT2D eigenvalue weighted by Gasteiger charge is 2.25. The van der Waals surface area contributed by atoms with E-state index < -0.39 is 45.6 Å². The Kier molecular flexibility index (Phi) is 9.29. The number of nitrogens with one attached hydrogen (secondary N) is 2. The summed E-state index contributed by atoms with van der Waals surface area (Å²) in [5.41, 5.74) is -0.570. The Hall–Kier alpha value is -6.50. The van der Waals surface area contributed by atoms with Crippen LogP contribution in [0.5, 0.6) is 17.2 Å². The largest absolute Gasteiger partial charge is 0.506 e. The summed E-state index contributed by atoms with van der Waals surface area (Å²) in [6, 6.07) is 19.4. The third kappa shape index (κ3) is 6.61. The lowest BCUT2D eigenvalue weighted by Gasteiger charge is -2.17. The van der Waals surface area contributed by atoms with Crippen molar-refractivity contribution in [2.75, 3.05) is 10.6 Å². The maximum atomic E-state index is 13.6. The lowest BCUT2D eigenvalue weighted by atomic mass is 10.0. The number of amides is 2. The van der Waals surface area contributed by atoms with Crippen molar-refractivity contribution in [3.05, 3.63) is 111 Å². The zero-order valence-corrected chi connectivity index (χ0v) is 28.3. The quantitative estimate of drug-likeness (QED) is 0.127. The topological polar surface area (TPSA) is 189 Å². The molecule has 0 aliphatic carbocycles. The molecule has 0 saturated heterocycles. The third-order valence-electron chi connectivity index (χ3n) is 8.24. The maximum Gasteiger partial charge on any atom is 0.267 e. The average molecular weight is 689 g/mol. The van der Waals surface area contributed by atoms with Gasteiger partial charge in [0, 0.05) is 35.6 Å². The lowest BCUT2D eigenvalue weighted by molar-refractivity contribution is 0.101. The number of aromatic hydroxyl groups is 3. The normalized spacial score (nSPS) is 11.4. The van der Waals surface area contributed by atoms with E-state index >= 15 is 0 Å². The first-order valence-corrected chi connectivity index (χ1v) is 16.3. The highest BCUT2D eigenvalue weighted by Crippen LogP contribution is 2.33. The van der Waals surface area contributed by atoms with Crippen LogP contribution in [0.2, 0.25) is 0 Å². The number of carbonyl (C=O) groups is 2. The molecule has 6 aromatic rings. The summed E-state index contributed by atoms with van der Waals surface area (Å²) >= 11 is 0. The van der Waals surface area contributed by atoms with Gasteiger partial charge in [-0.25, -0.2) is 9.97 Å². The van der Waals surface area contributed by atoms with Crippen molar-refractivity contribution >= 4 is 45.3 Å². The summed E-state index contributed by atoms with van der Waals surface area (Å²) in [7, 11) is 0. The fourth-order valence-corrected chi connectivity index (χ4v) is 6.00. The van der Waals surface area contributed by atoms with Gasteiger partial charge in [-0.2, -0.15) is 0 Å². The molecular weight excluding hydrogens is 652 g/mol. The molecule has 0 saturated carbocycles. The van der Waals surface area contributed by atoms with Crippen LogP contribution >= 0.6 is 0 Å². The zero-order valence-electron chi connectivity index (χ0n) is 28.3. The van der Waals surface area contributed by atoms with Gasteiger partial charge in [-0.3, -0.25) is 19.2 Å². The predicted molar refractivity (Wildman–Crippen MR) is 194 cm³/mol. The molecule has 0 fully saturated rings. The minimum absolute atomic E-state index is 0.00403. The molecule has 51 heavy (non-hydrogen) atoms. The molecule has 260 valence electrons. The first-order valence-electron chi connectivity index (χ1n) is 16.3. The molecule has 0 unspecified atom stereocenters. The second-order valence-electron chi connectivity index (χ2n) is 13.0. The van der Waals surface area contributed by atoms with Gasteiger partial charge in [0.25, 0.3) is 22.9 Å². The molecule has 0 atom stereocenters. The standard InChI is InChI=1S/C38H36N6O7/c1-20(2)18-43-26-11-6-5-9-23(26)32(46)30(37(43)50)35(48)41-29-13-7-10-25(40-29)22-14-15-27-24(17-22)33(47)31(38(51)44(27)19-21(3)4)36(49)42-34-28(45)12-8-16-39-34/h5-17,20-21,45-47H,18-19H2,1-4H3,(H,39,42,49)(H,40,41,48). The van der Waals surface area contributed by atoms with E-state index in [4.69, 9.17) is 0 Å². The summed E-state index contributed by atoms with van der Waals surface area (Å²) in [6.07, 6.45) is 1.36. The molecule has 4 heterocycles. The molecule has 5 N–H and O–H groups in total. The Morgan fingerprint density at radius 2 is 1.31 bits per heavy atom. The van der Waals surface area contributed by atoms with Crippen molar-refractivity contribution in [2.45, 2.75) is 40.8 Å². The van der Waals surface area contributed by atoms with E-state index in [1.165, 1.54) is 33.5 Å². The number of hydrogen-bond acceptors (Lipinski definition) is 9. The number of carbonyl (C=O) groups excluding carboxylic acids is 2. The fraction of sp³-hybridized carbons (Fsp3) is 0.211. The van der Waals surface area contributed by atoms with Crippen LogP contribution in [0, 0.1) is 11.8 Å². The van der Waals surface area contributed by atoms with E-state index in [-0.39, 0.29) is 41.2 Å². The van der Waals surface area contributed by atoms with Gasteiger partial charge in [-0.05, 0) is 60.4 Å². The van der Waals surface area contributed by atoms with Gasteiger partial charge in [0.15, 0.2) is 11.6 Å². The summed E-state index contributed by atoms with van der Waals surface area (Å²) in [5, 5.41) is 38.2. The SMILES string of the molecule is CC(C)Cn1c(=O)c(C(=O)Nc2cccc(-c3ccc4c(c3)c(O)c(C(=O)Nc3ncccc3O)c(=O)n4CC(C)C)n2)c(O)c2ccccc21. The van der Waals surface area contributed by atoms with Gasteiger partial charge in [-0.15, -0.1) is 0 Å². The Balaban J connectivity index is 1.40. The summed E-state index contributed by atoms with van der Waals surface area (Å²) in [5.74, 6) is -3.11. The minimum Gasteiger partial charge on any atom is -0.506 e. The summed E-state index contributed by atoms with van der Waals surface area (Å²) in [4.78, 5) is 62.6. The van der Waals surface area contributed by atoms with Gasteiger partial charge < -0.3 is 35.1 Å². The third-order valence-corrected chi connectivity index (χ3v) is 8.24. The molecule has 0 aliphatic heterocycles. The van der Waals surface area contributed by atoms with Crippen molar-refractivity contribution in [2.24, 2.45) is 11.8 Å². The second-order valence-corrected chi connectivity index (χ2v) is 13.0. The van der Waals surface area contributed by atoms with Crippen LogP contribution in [0.25, 0.3) is 33.1 Å². The Labute approximate surface area is 291 Å². The first-order chi connectivity index (χ1) is 24.3. The Morgan fingerprint density at radius 3 is 1.96 bits per heavy atom. The fourth-order valence-electron chi connectivity index (χ4n) is 6.00. The van der Waals surface area contributed by atoms with Gasteiger partial charge >= 0.3 is 0 Å². The molecular formula is C38H36N6O7. The van der Waals surface area contributed by atoms with Gasteiger partial charge in [0.2, 0.25) is 0 Å². The monoisotopic (exact) mass is 688 g/mol. The van der Waals surface area contributed by atoms with E-state index in [9.17, 15) is 34.5 Å². The molecule has 13 heteroatoms. The molecule has 4 aromatic heterocycles. The van der Waals surface area contributed by atoms with Crippen molar-refractivity contribution in [1.82, 2.24) is 19.1 Å². The van der Waals surface area contributed by atoms with Gasteiger partial charge in [0.1, 0.15) is 28.4 Å². The van der Waals surface area contributed by atoms with Crippen LogP contribution < -0.4 is 21.8 Å². The highest BCUT2D eigenvalue weighted by atomic mass is 16.3. The molecule has 0 spiro atoms. The van der Waals surface area contributed by atoms with Gasteiger partial charge in [-0.1, -0.05) is 52.0 Å². The van der Waals surface area contributed by atoms with E-state index in [0.29, 0.717) is 34.2 Å². The molecule has 2 amide bonds. The lowest BCUT2D eigenvalue weighted by Crippen LogP contribution is -2.31. The summed E-state index contributed by atoms with van der Waals surface area (Å²) in [6.45, 7) is 8.29. The zero-order chi connectivity index (χ0) is 36.6. The van der Waals surface area contributed by atoms with Crippen LogP contribution in [-0.4, -0.2) is 46.2 Å². The number of para-hydroxylation sites is 1. The maximum absolute atomic E-state index is 13.6. The average Bonchev–Trinajstić information content (AvgIpc) is 3.09. The molecule has 0 bridgehead atoms. The van der Waals surface area contributed by atoms with Crippen LogP contribution in [0.1, 0.15) is 48.4 Å². The van der Waals surface area contributed by atoms with Crippen molar-refractivity contribution in [1.29, 1.82) is 0 Å². The summed E-state index contributed by atoms with van der Waals surface area (Å²) < 4.78 is 2.88. The van der Waals surface area contributed by atoms with Crippen molar-refractivity contribution < 1.29 is 24.9 Å². The van der Waals surface area contributed by atoms with Crippen molar-refractivity contribution in [3.8, 4) is 28.5 Å². The molecule has 6 rings (SSSR count).